The maximum Gasteiger partial charge on any atom is 0.231 e. The third kappa shape index (κ3) is 3.00. The summed E-state index contributed by atoms with van der Waals surface area (Å²) in [6, 6.07) is 20.1. The third-order valence-corrected chi connectivity index (χ3v) is 6.68. The van der Waals surface area contributed by atoms with Gasteiger partial charge in [-0.1, -0.05) is 18.2 Å². The molecule has 178 valence electrons. The van der Waals surface area contributed by atoms with Crippen LogP contribution in [0.5, 0.6) is 34.5 Å². The van der Waals surface area contributed by atoms with Crippen LogP contribution >= 0.6 is 0 Å². The smallest absolute Gasteiger partial charge is 0.231 e. The van der Waals surface area contributed by atoms with Gasteiger partial charge in [-0.15, -0.1) is 0 Å². The number of carbonyl (C=O) groups excluding carboxylic acids is 1. The summed E-state index contributed by atoms with van der Waals surface area (Å²) in [5.41, 5.74) is 1.23. The Hall–Kier alpha value is -4.72. The summed E-state index contributed by atoms with van der Waals surface area (Å²) < 4.78 is 33.5. The van der Waals surface area contributed by atoms with Crippen molar-refractivity contribution in [2.45, 2.75) is 5.41 Å². The molecule has 0 aliphatic carbocycles. The molecule has 0 saturated carbocycles. The molecule has 0 bridgehead atoms. The fourth-order valence-corrected chi connectivity index (χ4v) is 4.99. The molecule has 0 atom stereocenters. The van der Waals surface area contributed by atoms with E-state index in [2.05, 4.69) is 4.98 Å². The number of ketones is 1. The zero-order valence-electron chi connectivity index (χ0n) is 18.9. The van der Waals surface area contributed by atoms with Gasteiger partial charge in [0.1, 0.15) is 5.41 Å². The number of hydrogen-bond acceptors (Lipinski definition) is 8. The lowest BCUT2D eigenvalue weighted by Gasteiger charge is -2.34. The molecule has 8 nitrogen and oxygen atoms in total. The van der Waals surface area contributed by atoms with Gasteiger partial charge in [0.15, 0.2) is 40.3 Å². The maximum absolute atomic E-state index is 14.8. The molecule has 0 radical (unpaired) electrons. The summed E-state index contributed by atoms with van der Waals surface area (Å²) in [4.78, 5) is 19.2. The number of carbonyl (C=O) groups is 1. The average Bonchev–Trinajstić information content (AvgIpc) is 3.69. The summed E-state index contributed by atoms with van der Waals surface area (Å²) in [6.07, 6.45) is 3.39. The summed E-state index contributed by atoms with van der Waals surface area (Å²) >= 11 is 0. The predicted octanol–water partition coefficient (Wildman–Crippen LogP) is 4.49. The molecule has 36 heavy (non-hydrogen) atoms. The van der Waals surface area contributed by atoms with Crippen LogP contribution < -0.4 is 28.4 Å². The monoisotopic (exact) mass is 481 g/mol. The Morgan fingerprint density at radius 2 is 1.14 bits per heavy atom. The highest BCUT2D eigenvalue weighted by Crippen LogP contribution is 2.48. The van der Waals surface area contributed by atoms with E-state index >= 15 is 0 Å². The minimum atomic E-state index is -1.30. The number of rotatable bonds is 5. The molecule has 3 aromatic carbocycles. The highest BCUT2D eigenvalue weighted by molar-refractivity contribution is 6.09. The molecule has 0 saturated heterocycles. The number of hydrogen-bond donors (Lipinski definition) is 0. The van der Waals surface area contributed by atoms with E-state index in [4.69, 9.17) is 28.4 Å². The van der Waals surface area contributed by atoms with Gasteiger partial charge in [-0.25, -0.2) is 0 Å². The summed E-state index contributed by atoms with van der Waals surface area (Å²) in [7, 11) is 0. The summed E-state index contributed by atoms with van der Waals surface area (Å²) in [5.74, 6) is 3.34. The fraction of sp³-hybridized carbons (Fsp3) is 0.143. The van der Waals surface area contributed by atoms with Crippen LogP contribution in [0, 0.1) is 0 Å². The largest absolute Gasteiger partial charge is 0.454 e. The molecular formula is C28H19NO7. The van der Waals surface area contributed by atoms with Gasteiger partial charge in [-0.05, 0) is 65.2 Å². The number of ether oxygens (including phenoxy) is 6. The van der Waals surface area contributed by atoms with Crippen LogP contribution in [0.2, 0.25) is 0 Å². The first-order chi connectivity index (χ1) is 17.7. The first-order valence-corrected chi connectivity index (χ1v) is 11.4. The quantitative estimate of drug-likeness (QED) is 0.386. The SMILES string of the molecule is O=C(c1ccc2c(c1)OCO2)C(c1cccnc1)(c1ccc2c(c1)OCO2)c1ccc2c(c1)OCO2. The molecular weight excluding hydrogens is 462 g/mol. The minimum absolute atomic E-state index is 0.116. The van der Waals surface area contributed by atoms with Crippen molar-refractivity contribution in [1.82, 2.24) is 4.98 Å². The minimum Gasteiger partial charge on any atom is -0.454 e. The Morgan fingerprint density at radius 1 is 0.611 bits per heavy atom. The van der Waals surface area contributed by atoms with Gasteiger partial charge >= 0.3 is 0 Å². The Morgan fingerprint density at radius 3 is 1.69 bits per heavy atom. The second-order valence-electron chi connectivity index (χ2n) is 8.52. The molecule has 8 heteroatoms. The van der Waals surface area contributed by atoms with E-state index in [1.54, 1.807) is 30.6 Å². The van der Waals surface area contributed by atoms with Crippen molar-refractivity contribution in [2.75, 3.05) is 20.4 Å². The second kappa shape index (κ2) is 7.91. The number of benzene rings is 3. The Kier molecular flexibility index (Phi) is 4.54. The molecule has 1 aromatic heterocycles. The van der Waals surface area contributed by atoms with Gasteiger partial charge < -0.3 is 28.4 Å². The molecule has 0 N–H and O–H groups in total. The van der Waals surface area contributed by atoms with Gasteiger partial charge in [0.25, 0.3) is 0 Å². The van der Waals surface area contributed by atoms with Gasteiger partial charge in [-0.2, -0.15) is 0 Å². The van der Waals surface area contributed by atoms with Crippen molar-refractivity contribution < 1.29 is 33.2 Å². The first kappa shape index (κ1) is 20.6. The zero-order valence-corrected chi connectivity index (χ0v) is 18.9. The number of pyridine rings is 1. The van der Waals surface area contributed by atoms with Crippen LogP contribution in [0.3, 0.4) is 0 Å². The van der Waals surface area contributed by atoms with E-state index < -0.39 is 5.41 Å². The molecule has 4 heterocycles. The molecule has 3 aliphatic rings. The molecule has 7 rings (SSSR count). The molecule has 0 amide bonds. The topological polar surface area (TPSA) is 85.3 Å². The van der Waals surface area contributed by atoms with Crippen molar-refractivity contribution in [3.05, 3.63) is 101 Å². The first-order valence-electron chi connectivity index (χ1n) is 11.4. The summed E-state index contributed by atoms with van der Waals surface area (Å²) in [5, 5.41) is 0. The predicted molar refractivity (Wildman–Crippen MR) is 126 cm³/mol. The van der Waals surface area contributed by atoms with Gasteiger partial charge in [0.2, 0.25) is 20.4 Å². The molecule has 0 spiro atoms. The highest BCUT2D eigenvalue weighted by atomic mass is 16.7. The van der Waals surface area contributed by atoms with Crippen LogP contribution in [0.15, 0.2) is 79.1 Å². The van der Waals surface area contributed by atoms with E-state index in [0.29, 0.717) is 56.8 Å². The van der Waals surface area contributed by atoms with Crippen LogP contribution in [0.4, 0.5) is 0 Å². The van der Waals surface area contributed by atoms with E-state index in [1.807, 2.05) is 48.5 Å². The Labute approximate surface area is 205 Å². The van der Waals surface area contributed by atoms with Gasteiger partial charge in [0, 0.05) is 18.0 Å². The highest BCUT2D eigenvalue weighted by Gasteiger charge is 2.46. The Balaban J connectivity index is 1.52. The van der Waals surface area contributed by atoms with E-state index in [1.165, 1.54) is 0 Å². The van der Waals surface area contributed by atoms with Crippen molar-refractivity contribution >= 4 is 5.78 Å². The van der Waals surface area contributed by atoms with Crippen LogP contribution in [0.25, 0.3) is 0 Å². The van der Waals surface area contributed by atoms with Crippen LogP contribution in [-0.4, -0.2) is 31.1 Å². The van der Waals surface area contributed by atoms with Crippen molar-refractivity contribution in [1.29, 1.82) is 0 Å². The van der Waals surface area contributed by atoms with Gasteiger partial charge in [-0.3, -0.25) is 9.78 Å². The number of nitrogens with zero attached hydrogens (tertiary/aromatic N) is 1. The number of Topliss-reactive ketones (excluding diaryl/α,β-unsaturated/α-hetero) is 1. The molecule has 0 unspecified atom stereocenters. The van der Waals surface area contributed by atoms with Crippen LogP contribution in [-0.2, 0) is 5.41 Å². The van der Waals surface area contributed by atoms with Crippen molar-refractivity contribution in [2.24, 2.45) is 0 Å². The third-order valence-electron chi connectivity index (χ3n) is 6.68. The molecule has 0 fully saturated rings. The molecule has 3 aliphatic heterocycles. The maximum atomic E-state index is 14.8. The average molecular weight is 481 g/mol. The fourth-order valence-electron chi connectivity index (χ4n) is 4.99. The zero-order chi connectivity index (χ0) is 24.1. The lowest BCUT2D eigenvalue weighted by molar-refractivity contribution is 0.0934. The van der Waals surface area contributed by atoms with E-state index in [9.17, 15) is 4.79 Å². The van der Waals surface area contributed by atoms with Gasteiger partial charge in [0.05, 0.1) is 0 Å². The lowest BCUT2D eigenvalue weighted by atomic mass is 9.65. The summed E-state index contributed by atoms with van der Waals surface area (Å²) in [6.45, 7) is 0.364. The van der Waals surface area contributed by atoms with Crippen molar-refractivity contribution in [3.8, 4) is 34.5 Å². The van der Waals surface area contributed by atoms with Crippen molar-refractivity contribution in [3.63, 3.8) is 0 Å². The van der Waals surface area contributed by atoms with Crippen LogP contribution in [0.1, 0.15) is 27.0 Å². The number of aromatic nitrogens is 1. The van der Waals surface area contributed by atoms with E-state index in [-0.39, 0.29) is 26.2 Å². The molecule has 4 aromatic rings. The number of fused-ring (bicyclic) bond motifs is 3. The van der Waals surface area contributed by atoms with E-state index in [0.717, 1.165) is 0 Å². The standard InChI is InChI=1S/C28H19NO7/c30-27(17-3-6-21-24(10-17)34-14-31-21)28(20-2-1-9-29-13-20,18-4-7-22-25(11-18)35-15-32-22)19-5-8-23-26(12-19)36-16-33-23/h1-13H,14-16H2. The Bertz CT molecular complexity index is 1440. The lowest BCUT2D eigenvalue weighted by Crippen LogP contribution is -2.39. The second-order valence-corrected chi connectivity index (χ2v) is 8.52. The normalized spacial score (nSPS) is 14.7.